The van der Waals surface area contributed by atoms with E-state index >= 15 is 0 Å². The molecule has 8 nitrogen and oxygen atoms in total. The fourth-order valence-corrected chi connectivity index (χ4v) is 2.54. The summed E-state index contributed by atoms with van der Waals surface area (Å²) < 4.78 is 31.3. The first kappa shape index (κ1) is 23.3. The Balaban J connectivity index is 3.45. The van der Waals surface area contributed by atoms with Gasteiger partial charge in [0.25, 0.3) is 0 Å². The lowest BCUT2D eigenvalue weighted by molar-refractivity contribution is -0.142. The summed E-state index contributed by atoms with van der Waals surface area (Å²) in [5.74, 6) is -0.933. The molecule has 2 atom stereocenters. The van der Waals surface area contributed by atoms with Crippen molar-refractivity contribution in [2.45, 2.75) is 51.4 Å². The molecule has 0 aromatic heterocycles. The van der Waals surface area contributed by atoms with Crippen molar-refractivity contribution in [1.82, 2.24) is 0 Å². The third-order valence-electron chi connectivity index (χ3n) is 2.94. The number of carbonyl (C=O) groups is 2. The molecule has 0 amide bonds. The highest BCUT2D eigenvalue weighted by Gasteiger charge is 2.14. The lowest BCUT2D eigenvalue weighted by Gasteiger charge is -2.07. The predicted molar refractivity (Wildman–Crippen MR) is 90.4 cm³/mol. The van der Waals surface area contributed by atoms with E-state index in [1.165, 1.54) is 0 Å². The van der Waals surface area contributed by atoms with E-state index in [0.29, 0.717) is 12.8 Å². The minimum atomic E-state index is -3.31. The van der Waals surface area contributed by atoms with Crippen LogP contribution in [0.3, 0.4) is 0 Å². The summed E-state index contributed by atoms with van der Waals surface area (Å²) >= 11 is 0. The van der Waals surface area contributed by atoms with Crippen LogP contribution < -0.4 is 0 Å². The van der Waals surface area contributed by atoms with Crippen molar-refractivity contribution in [1.29, 1.82) is 0 Å². The average Bonchev–Trinajstić information content (AvgIpc) is 2.44. The molecule has 0 aliphatic rings. The molecule has 0 saturated carbocycles. The molecule has 0 aliphatic heterocycles. The highest BCUT2D eigenvalue weighted by molar-refractivity contribution is 7.57. The monoisotopic (exact) mass is 386 g/mol. The van der Waals surface area contributed by atoms with Crippen molar-refractivity contribution >= 4 is 26.7 Å². The number of rotatable bonds is 13. The van der Waals surface area contributed by atoms with Crippen LogP contribution in [-0.2, 0) is 28.2 Å². The third kappa shape index (κ3) is 17.7. The Labute approximate surface area is 142 Å². The summed E-state index contributed by atoms with van der Waals surface area (Å²) in [5, 5.41) is 0. The van der Waals surface area contributed by atoms with E-state index in [-0.39, 0.29) is 12.8 Å². The van der Waals surface area contributed by atoms with Crippen molar-refractivity contribution < 1.29 is 38.0 Å². The van der Waals surface area contributed by atoms with E-state index in [0.717, 1.165) is 39.0 Å². The molecular formula is C14H28O8P2. The molecule has 0 radical (unpaired) electrons. The minimum absolute atomic E-state index is 0.227. The second-order valence-corrected chi connectivity index (χ2v) is 10.7. The summed E-state index contributed by atoms with van der Waals surface area (Å²) in [6.07, 6.45) is 4.39. The van der Waals surface area contributed by atoms with E-state index in [4.69, 9.17) is 9.79 Å². The van der Waals surface area contributed by atoms with Gasteiger partial charge in [0.15, 0.2) is 12.7 Å². The molecular weight excluding hydrogens is 358 g/mol. The first-order valence-electron chi connectivity index (χ1n) is 7.89. The molecule has 0 aromatic rings. The molecule has 0 heterocycles. The van der Waals surface area contributed by atoms with Crippen molar-refractivity contribution in [2.24, 2.45) is 0 Å². The number of hydrogen-bond donors (Lipinski definition) is 2. The van der Waals surface area contributed by atoms with Gasteiger partial charge in [-0.15, -0.1) is 0 Å². The first-order valence-corrected chi connectivity index (χ1v) is 12.5. The summed E-state index contributed by atoms with van der Waals surface area (Å²) in [4.78, 5) is 40.6. The second-order valence-electron chi connectivity index (χ2n) is 6.01. The van der Waals surface area contributed by atoms with Gasteiger partial charge in [-0.05, 0) is 12.8 Å². The number of hydrogen-bond acceptors (Lipinski definition) is 6. The topological polar surface area (TPSA) is 127 Å². The van der Waals surface area contributed by atoms with Crippen LogP contribution in [-0.4, -0.2) is 47.8 Å². The zero-order valence-electron chi connectivity index (χ0n) is 14.3. The van der Waals surface area contributed by atoms with E-state index in [1.807, 2.05) is 0 Å². The summed E-state index contributed by atoms with van der Waals surface area (Å²) in [6, 6.07) is 0. The molecule has 24 heavy (non-hydrogen) atoms. The van der Waals surface area contributed by atoms with Crippen LogP contribution in [0.5, 0.6) is 0 Å². The van der Waals surface area contributed by atoms with E-state index in [9.17, 15) is 18.7 Å². The molecule has 0 bridgehead atoms. The number of esters is 2. The van der Waals surface area contributed by atoms with Gasteiger partial charge in [-0.25, -0.2) is 0 Å². The first-order chi connectivity index (χ1) is 11.0. The van der Waals surface area contributed by atoms with Gasteiger partial charge in [0, 0.05) is 26.2 Å². The van der Waals surface area contributed by atoms with Crippen molar-refractivity contribution in [2.75, 3.05) is 26.0 Å². The summed E-state index contributed by atoms with van der Waals surface area (Å²) in [6.45, 7) is 2.28. The quantitative estimate of drug-likeness (QED) is 0.281. The van der Waals surface area contributed by atoms with Crippen LogP contribution in [0.25, 0.3) is 0 Å². The molecule has 0 aliphatic carbocycles. The van der Waals surface area contributed by atoms with Gasteiger partial charge in [0.1, 0.15) is 0 Å². The molecule has 142 valence electrons. The van der Waals surface area contributed by atoms with Crippen LogP contribution in [0.1, 0.15) is 51.4 Å². The Morgan fingerprint density at radius 2 is 1.00 bits per heavy atom. The molecule has 2 N–H and O–H groups in total. The highest BCUT2D eigenvalue weighted by atomic mass is 31.2. The van der Waals surface area contributed by atoms with Crippen LogP contribution in [0, 0.1) is 0 Å². The van der Waals surface area contributed by atoms with E-state index in [1.54, 1.807) is 0 Å². The molecule has 0 aromatic carbocycles. The maximum atomic E-state index is 11.3. The van der Waals surface area contributed by atoms with Crippen molar-refractivity contribution in [3.8, 4) is 0 Å². The average molecular weight is 386 g/mol. The van der Waals surface area contributed by atoms with Gasteiger partial charge >= 0.3 is 11.9 Å². The summed E-state index contributed by atoms with van der Waals surface area (Å²) in [5.41, 5.74) is 0. The van der Waals surface area contributed by atoms with Crippen molar-refractivity contribution in [3.63, 3.8) is 0 Å². The smallest absolute Gasteiger partial charge is 0.306 e. The van der Waals surface area contributed by atoms with Gasteiger partial charge in [-0.2, -0.15) is 0 Å². The van der Waals surface area contributed by atoms with Gasteiger partial charge in [-0.1, -0.05) is 25.7 Å². The Bertz CT molecular complexity index is 435. The van der Waals surface area contributed by atoms with Gasteiger partial charge in [-0.3, -0.25) is 18.7 Å². The van der Waals surface area contributed by atoms with Crippen LogP contribution >= 0.6 is 14.7 Å². The molecule has 0 fully saturated rings. The standard InChI is InChI=1S/C14H28O8P2/c1-23(17,18)11-21-13(15)9-7-5-3-4-6-8-10-14(16)22-12-24(2,19)20/h3-12H2,1-2H3,(H,17,18)(H,19,20). The van der Waals surface area contributed by atoms with Crippen LogP contribution in [0.2, 0.25) is 0 Å². The second kappa shape index (κ2) is 11.8. The van der Waals surface area contributed by atoms with Gasteiger partial charge in [0.05, 0.1) is 0 Å². The predicted octanol–water partition coefficient (Wildman–Crippen LogP) is 2.91. The lowest BCUT2D eigenvalue weighted by Crippen LogP contribution is -2.06. The maximum absolute atomic E-state index is 11.3. The van der Waals surface area contributed by atoms with E-state index < -0.39 is 39.4 Å². The van der Waals surface area contributed by atoms with E-state index in [2.05, 4.69) is 9.47 Å². The highest BCUT2D eigenvalue weighted by Crippen LogP contribution is 2.35. The minimum Gasteiger partial charge on any atom is -0.455 e. The molecule has 0 spiro atoms. The Morgan fingerprint density at radius 3 is 1.29 bits per heavy atom. The van der Waals surface area contributed by atoms with Crippen LogP contribution in [0.4, 0.5) is 0 Å². The van der Waals surface area contributed by atoms with Crippen LogP contribution in [0.15, 0.2) is 0 Å². The maximum Gasteiger partial charge on any atom is 0.306 e. The fourth-order valence-electron chi connectivity index (χ4n) is 1.77. The Morgan fingerprint density at radius 1 is 0.708 bits per heavy atom. The molecule has 0 rings (SSSR count). The normalized spacial score (nSPS) is 16.0. The van der Waals surface area contributed by atoms with Gasteiger partial charge in [0.2, 0.25) is 14.7 Å². The number of ether oxygens (including phenoxy) is 2. The number of carbonyl (C=O) groups excluding carboxylic acids is 2. The van der Waals surface area contributed by atoms with Crippen molar-refractivity contribution in [3.05, 3.63) is 0 Å². The Hall–Kier alpha value is -0.680. The third-order valence-corrected chi connectivity index (χ3v) is 4.16. The Kier molecular flexibility index (Phi) is 11.5. The zero-order chi connectivity index (χ0) is 18.6. The van der Waals surface area contributed by atoms with Gasteiger partial charge < -0.3 is 19.3 Å². The molecule has 2 unspecified atom stereocenters. The molecule has 10 heteroatoms. The number of unbranched alkanes of at least 4 members (excludes halogenated alkanes) is 5. The largest absolute Gasteiger partial charge is 0.455 e. The zero-order valence-corrected chi connectivity index (χ0v) is 16.1. The summed E-state index contributed by atoms with van der Waals surface area (Å²) in [7, 11) is -6.62. The SMILES string of the molecule is CP(=O)(O)COC(=O)CCCCCCCCC(=O)OCP(C)(=O)O. The molecule has 0 saturated heterocycles. The lowest BCUT2D eigenvalue weighted by atomic mass is 10.1. The fraction of sp³-hybridized carbons (Fsp3) is 0.857.